The molecule has 1 aromatic heterocycles. The van der Waals surface area contributed by atoms with Gasteiger partial charge < -0.3 is 9.64 Å². The van der Waals surface area contributed by atoms with Gasteiger partial charge in [-0.3, -0.25) is 14.7 Å². The summed E-state index contributed by atoms with van der Waals surface area (Å²) < 4.78 is 6.57. The van der Waals surface area contributed by atoms with Crippen molar-refractivity contribution >= 4 is 21.8 Å². The summed E-state index contributed by atoms with van der Waals surface area (Å²) in [5.41, 5.74) is 1.30. The van der Waals surface area contributed by atoms with E-state index in [-0.39, 0.29) is 12.5 Å². The number of benzene rings is 1. The second-order valence-electron chi connectivity index (χ2n) is 6.07. The standard InChI is InChI=1S/C19H22BrN3O2/c20-17-1-3-18(4-2-17)25-15-19(24)23-13-11-22(12-14-23)10-7-16-5-8-21-9-6-16/h1-6,8-9H,7,10-15H2. The number of carbonyl (C=O) groups is 1. The Bertz CT molecular complexity index is 671. The normalized spacial score (nSPS) is 15.2. The number of hydrogen-bond acceptors (Lipinski definition) is 4. The molecule has 132 valence electrons. The van der Waals surface area contributed by atoms with E-state index in [4.69, 9.17) is 4.74 Å². The highest BCUT2D eigenvalue weighted by Crippen LogP contribution is 2.16. The summed E-state index contributed by atoms with van der Waals surface area (Å²) in [6.07, 6.45) is 4.68. The second kappa shape index (κ2) is 8.97. The maximum atomic E-state index is 12.3. The molecule has 1 aliphatic rings. The third-order valence-electron chi connectivity index (χ3n) is 4.37. The monoisotopic (exact) mass is 403 g/mol. The molecule has 0 N–H and O–H groups in total. The van der Waals surface area contributed by atoms with Crippen LogP contribution in [-0.2, 0) is 11.2 Å². The number of halogens is 1. The molecule has 2 aromatic rings. The predicted molar refractivity (Wildman–Crippen MR) is 101 cm³/mol. The van der Waals surface area contributed by atoms with E-state index in [2.05, 4.69) is 37.9 Å². The molecular weight excluding hydrogens is 382 g/mol. The van der Waals surface area contributed by atoms with Crippen LogP contribution < -0.4 is 4.74 Å². The van der Waals surface area contributed by atoms with Gasteiger partial charge in [-0.05, 0) is 48.4 Å². The highest BCUT2D eigenvalue weighted by molar-refractivity contribution is 9.10. The second-order valence-corrected chi connectivity index (χ2v) is 6.99. The minimum absolute atomic E-state index is 0.0525. The topological polar surface area (TPSA) is 45.7 Å². The first-order valence-corrected chi connectivity index (χ1v) is 9.27. The van der Waals surface area contributed by atoms with Crippen LogP contribution in [0.15, 0.2) is 53.3 Å². The fraction of sp³-hybridized carbons (Fsp3) is 0.368. The van der Waals surface area contributed by atoms with Gasteiger partial charge in [0.25, 0.3) is 5.91 Å². The van der Waals surface area contributed by atoms with Crippen molar-refractivity contribution in [3.8, 4) is 5.75 Å². The minimum atomic E-state index is 0.0525. The fourth-order valence-corrected chi connectivity index (χ4v) is 3.09. The van der Waals surface area contributed by atoms with Crippen molar-refractivity contribution in [2.45, 2.75) is 6.42 Å². The lowest BCUT2D eigenvalue weighted by molar-refractivity contribution is -0.135. The minimum Gasteiger partial charge on any atom is -0.484 e. The van der Waals surface area contributed by atoms with Gasteiger partial charge in [-0.2, -0.15) is 0 Å². The first-order chi connectivity index (χ1) is 12.2. The molecule has 25 heavy (non-hydrogen) atoms. The number of nitrogens with zero attached hydrogens (tertiary/aromatic N) is 3. The molecule has 1 fully saturated rings. The van der Waals surface area contributed by atoms with Crippen molar-refractivity contribution in [1.82, 2.24) is 14.8 Å². The van der Waals surface area contributed by atoms with Crippen LogP contribution in [0.5, 0.6) is 5.75 Å². The lowest BCUT2D eigenvalue weighted by Gasteiger charge is -2.34. The molecule has 0 unspecified atom stereocenters. The summed E-state index contributed by atoms with van der Waals surface area (Å²) in [5.74, 6) is 0.768. The van der Waals surface area contributed by atoms with E-state index in [1.165, 1.54) is 5.56 Å². The molecule has 1 aromatic carbocycles. The van der Waals surface area contributed by atoms with Gasteiger partial charge in [0.2, 0.25) is 0 Å². The predicted octanol–water partition coefficient (Wildman–Crippen LogP) is 2.61. The smallest absolute Gasteiger partial charge is 0.260 e. The molecule has 6 heteroatoms. The Morgan fingerprint density at radius 2 is 1.72 bits per heavy atom. The average molecular weight is 404 g/mol. The van der Waals surface area contributed by atoms with Gasteiger partial charge in [0.1, 0.15) is 5.75 Å². The summed E-state index contributed by atoms with van der Waals surface area (Å²) in [5, 5.41) is 0. The van der Waals surface area contributed by atoms with E-state index in [1.54, 1.807) is 0 Å². The van der Waals surface area contributed by atoms with Gasteiger partial charge in [-0.15, -0.1) is 0 Å². The number of ether oxygens (including phenoxy) is 1. The van der Waals surface area contributed by atoms with Gasteiger partial charge in [-0.25, -0.2) is 0 Å². The average Bonchev–Trinajstić information content (AvgIpc) is 2.67. The van der Waals surface area contributed by atoms with Crippen molar-refractivity contribution in [3.05, 3.63) is 58.8 Å². The van der Waals surface area contributed by atoms with Crippen molar-refractivity contribution in [1.29, 1.82) is 0 Å². The Kier molecular flexibility index (Phi) is 6.42. The Hall–Kier alpha value is -1.92. The Balaban J connectivity index is 1.38. The lowest BCUT2D eigenvalue weighted by atomic mass is 10.2. The zero-order valence-corrected chi connectivity index (χ0v) is 15.7. The molecule has 0 bridgehead atoms. The summed E-state index contributed by atoms with van der Waals surface area (Å²) in [4.78, 5) is 20.6. The Morgan fingerprint density at radius 3 is 2.40 bits per heavy atom. The molecule has 3 rings (SSSR count). The SMILES string of the molecule is O=C(COc1ccc(Br)cc1)N1CCN(CCc2ccncc2)CC1. The molecule has 1 aliphatic heterocycles. The van der Waals surface area contributed by atoms with Crippen LogP contribution in [0.2, 0.25) is 0 Å². The van der Waals surface area contributed by atoms with Gasteiger partial charge in [0, 0.05) is 49.6 Å². The molecule has 0 atom stereocenters. The first kappa shape index (κ1) is 17.9. The lowest BCUT2D eigenvalue weighted by Crippen LogP contribution is -2.50. The summed E-state index contributed by atoms with van der Waals surface area (Å²) in [6.45, 7) is 4.46. The molecule has 0 aliphatic carbocycles. The Labute approximate surface area is 156 Å². The molecule has 0 saturated carbocycles. The van der Waals surface area contributed by atoms with E-state index in [0.29, 0.717) is 5.75 Å². The zero-order chi connectivity index (χ0) is 17.5. The van der Waals surface area contributed by atoms with Gasteiger partial charge >= 0.3 is 0 Å². The van der Waals surface area contributed by atoms with Gasteiger partial charge in [-0.1, -0.05) is 15.9 Å². The van der Waals surface area contributed by atoms with Crippen LogP contribution in [0.3, 0.4) is 0 Å². The van der Waals surface area contributed by atoms with Crippen LogP contribution in [0.4, 0.5) is 0 Å². The highest BCUT2D eigenvalue weighted by Gasteiger charge is 2.21. The Morgan fingerprint density at radius 1 is 1.04 bits per heavy atom. The first-order valence-electron chi connectivity index (χ1n) is 8.48. The van der Waals surface area contributed by atoms with Crippen LogP contribution in [0, 0.1) is 0 Å². The van der Waals surface area contributed by atoms with Crippen LogP contribution in [-0.4, -0.2) is 60.0 Å². The molecule has 0 radical (unpaired) electrons. The zero-order valence-electron chi connectivity index (χ0n) is 14.1. The van der Waals surface area contributed by atoms with Gasteiger partial charge in [0.05, 0.1) is 0 Å². The molecule has 5 nitrogen and oxygen atoms in total. The molecule has 1 saturated heterocycles. The van der Waals surface area contributed by atoms with Crippen molar-refractivity contribution in [2.24, 2.45) is 0 Å². The highest BCUT2D eigenvalue weighted by atomic mass is 79.9. The van der Waals surface area contributed by atoms with Gasteiger partial charge in [0.15, 0.2) is 6.61 Å². The third-order valence-corrected chi connectivity index (χ3v) is 4.90. The van der Waals surface area contributed by atoms with E-state index in [0.717, 1.165) is 43.6 Å². The van der Waals surface area contributed by atoms with E-state index in [1.807, 2.05) is 41.6 Å². The maximum absolute atomic E-state index is 12.3. The number of hydrogen-bond donors (Lipinski definition) is 0. The fourth-order valence-electron chi connectivity index (χ4n) is 2.82. The van der Waals surface area contributed by atoms with Crippen molar-refractivity contribution < 1.29 is 9.53 Å². The molecule has 0 spiro atoms. The van der Waals surface area contributed by atoms with Crippen LogP contribution >= 0.6 is 15.9 Å². The van der Waals surface area contributed by atoms with E-state index in [9.17, 15) is 4.79 Å². The number of rotatable bonds is 6. The summed E-state index contributed by atoms with van der Waals surface area (Å²) >= 11 is 3.38. The maximum Gasteiger partial charge on any atom is 0.260 e. The number of piperazine rings is 1. The van der Waals surface area contributed by atoms with E-state index >= 15 is 0 Å². The van der Waals surface area contributed by atoms with Crippen molar-refractivity contribution in [3.63, 3.8) is 0 Å². The summed E-state index contributed by atoms with van der Waals surface area (Å²) in [6, 6.07) is 11.6. The van der Waals surface area contributed by atoms with E-state index < -0.39 is 0 Å². The quantitative estimate of drug-likeness (QED) is 0.743. The molecular formula is C19H22BrN3O2. The molecule has 2 heterocycles. The number of aromatic nitrogens is 1. The number of amides is 1. The van der Waals surface area contributed by atoms with Crippen molar-refractivity contribution in [2.75, 3.05) is 39.3 Å². The number of carbonyl (C=O) groups excluding carboxylic acids is 1. The molecule has 1 amide bonds. The van der Waals surface area contributed by atoms with Crippen LogP contribution in [0.25, 0.3) is 0 Å². The van der Waals surface area contributed by atoms with Crippen LogP contribution in [0.1, 0.15) is 5.56 Å². The third kappa shape index (κ3) is 5.54. The summed E-state index contributed by atoms with van der Waals surface area (Å²) in [7, 11) is 0. The number of pyridine rings is 1. The largest absolute Gasteiger partial charge is 0.484 e.